The van der Waals surface area contributed by atoms with Crippen molar-refractivity contribution in [2.24, 2.45) is 0 Å². The number of hydrogen-bond donors (Lipinski definition) is 1. The van der Waals surface area contributed by atoms with Crippen LogP contribution in [-0.2, 0) is 11.2 Å². The Bertz CT molecular complexity index is 531. The first-order valence-electron chi connectivity index (χ1n) is 7.07. The molecular weight excluding hydrogens is 250 g/mol. The summed E-state index contributed by atoms with van der Waals surface area (Å²) >= 11 is 0. The molecule has 0 fully saturated rings. The summed E-state index contributed by atoms with van der Waals surface area (Å²) in [7, 11) is 0. The standard InChI is InChI=1S/C16H21N3O/c1-3-5-13(2)18-16(20)12-14-6-8-15(9-7-14)19-11-4-10-17-19/h4,6-11,13H,3,5,12H2,1-2H3,(H,18,20)/t13-/m1/s1. The fourth-order valence-electron chi connectivity index (χ4n) is 2.20. The molecule has 1 aromatic heterocycles. The fraction of sp³-hybridized carbons (Fsp3) is 0.375. The summed E-state index contributed by atoms with van der Waals surface area (Å²) in [5.74, 6) is 0.0813. The molecule has 2 rings (SSSR count). The molecule has 0 aliphatic heterocycles. The molecule has 1 aromatic carbocycles. The normalized spacial score (nSPS) is 12.1. The van der Waals surface area contributed by atoms with Crippen LogP contribution in [0.15, 0.2) is 42.7 Å². The van der Waals surface area contributed by atoms with Crippen molar-refractivity contribution in [1.29, 1.82) is 0 Å². The average molecular weight is 271 g/mol. The Morgan fingerprint density at radius 2 is 2.10 bits per heavy atom. The van der Waals surface area contributed by atoms with Crippen molar-refractivity contribution in [3.63, 3.8) is 0 Å². The number of aromatic nitrogens is 2. The Balaban J connectivity index is 1.92. The van der Waals surface area contributed by atoms with Gasteiger partial charge < -0.3 is 5.32 Å². The lowest BCUT2D eigenvalue weighted by Gasteiger charge is -2.12. The zero-order valence-corrected chi connectivity index (χ0v) is 12.0. The molecule has 20 heavy (non-hydrogen) atoms. The minimum absolute atomic E-state index is 0.0813. The van der Waals surface area contributed by atoms with Crippen LogP contribution in [0.5, 0.6) is 0 Å². The van der Waals surface area contributed by atoms with Crippen molar-refractivity contribution in [1.82, 2.24) is 15.1 Å². The van der Waals surface area contributed by atoms with Gasteiger partial charge in [0.2, 0.25) is 5.91 Å². The maximum atomic E-state index is 11.9. The predicted molar refractivity (Wildman–Crippen MR) is 79.8 cm³/mol. The van der Waals surface area contributed by atoms with Gasteiger partial charge in [-0.15, -0.1) is 0 Å². The summed E-state index contributed by atoms with van der Waals surface area (Å²) in [6.45, 7) is 4.17. The van der Waals surface area contributed by atoms with E-state index >= 15 is 0 Å². The van der Waals surface area contributed by atoms with Gasteiger partial charge in [-0.05, 0) is 37.1 Å². The van der Waals surface area contributed by atoms with Crippen LogP contribution in [0.2, 0.25) is 0 Å². The summed E-state index contributed by atoms with van der Waals surface area (Å²) in [5.41, 5.74) is 2.01. The summed E-state index contributed by atoms with van der Waals surface area (Å²) in [5, 5.41) is 7.19. The minimum Gasteiger partial charge on any atom is -0.353 e. The molecule has 0 aliphatic carbocycles. The lowest BCUT2D eigenvalue weighted by atomic mass is 10.1. The van der Waals surface area contributed by atoms with Gasteiger partial charge in [-0.25, -0.2) is 4.68 Å². The van der Waals surface area contributed by atoms with E-state index in [4.69, 9.17) is 0 Å². The molecule has 1 heterocycles. The predicted octanol–water partition coefficient (Wildman–Crippen LogP) is 2.72. The van der Waals surface area contributed by atoms with Crippen LogP contribution >= 0.6 is 0 Å². The smallest absolute Gasteiger partial charge is 0.224 e. The van der Waals surface area contributed by atoms with Crippen LogP contribution in [0.1, 0.15) is 32.3 Å². The van der Waals surface area contributed by atoms with Crippen molar-refractivity contribution in [2.45, 2.75) is 39.2 Å². The summed E-state index contributed by atoms with van der Waals surface area (Å²) in [6, 6.07) is 10.0. The van der Waals surface area contributed by atoms with E-state index in [1.54, 1.807) is 10.9 Å². The number of carbonyl (C=O) groups is 1. The van der Waals surface area contributed by atoms with Gasteiger partial charge in [0.25, 0.3) is 0 Å². The number of hydrogen-bond acceptors (Lipinski definition) is 2. The second-order valence-corrected chi connectivity index (χ2v) is 5.05. The first-order chi connectivity index (χ1) is 9.69. The fourth-order valence-corrected chi connectivity index (χ4v) is 2.20. The Hall–Kier alpha value is -2.10. The molecule has 4 heteroatoms. The molecule has 2 aromatic rings. The van der Waals surface area contributed by atoms with E-state index in [9.17, 15) is 4.79 Å². The maximum Gasteiger partial charge on any atom is 0.224 e. The molecule has 0 saturated carbocycles. The highest BCUT2D eigenvalue weighted by Gasteiger charge is 2.07. The van der Waals surface area contributed by atoms with Crippen molar-refractivity contribution in [3.05, 3.63) is 48.3 Å². The minimum atomic E-state index is 0.0813. The largest absolute Gasteiger partial charge is 0.353 e. The molecule has 1 atom stereocenters. The van der Waals surface area contributed by atoms with Gasteiger partial charge >= 0.3 is 0 Å². The number of rotatable bonds is 6. The third-order valence-electron chi connectivity index (χ3n) is 3.20. The van der Waals surface area contributed by atoms with Crippen molar-refractivity contribution < 1.29 is 4.79 Å². The maximum absolute atomic E-state index is 11.9. The lowest BCUT2D eigenvalue weighted by Crippen LogP contribution is -2.33. The van der Waals surface area contributed by atoms with E-state index in [2.05, 4.69) is 17.3 Å². The molecule has 1 N–H and O–H groups in total. The second kappa shape index (κ2) is 6.89. The van der Waals surface area contributed by atoms with Gasteiger partial charge in [-0.1, -0.05) is 25.5 Å². The van der Waals surface area contributed by atoms with Crippen LogP contribution in [0.25, 0.3) is 5.69 Å². The number of nitrogens with one attached hydrogen (secondary N) is 1. The Labute approximate surface area is 119 Å². The zero-order valence-electron chi connectivity index (χ0n) is 12.0. The third kappa shape index (κ3) is 3.95. The van der Waals surface area contributed by atoms with E-state index < -0.39 is 0 Å². The molecule has 0 bridgehead atoms. The van der Waals surface area contributed by atoms with E-state index in [0.29, 0.717) is 6.42 Å². The highest BCUT2D eigenvalue weighted by molar-refractivity contribution is 5.78. The van der Waals surface area contributed by atoms with Gasteiger partial charge in [0, 0.05) is 18.4 Å². The average Bonchev–Trinajstić information content (AvgIpc) is 2.93. The van der Waals surface area contributed by atoms with Crippen LogP contribution < -0.4 is 5.32 Å². The second-order valence-electron chi connectivity index (χ2n) is 5.05. The number of benzene rings is 1. The summed E-state index contributed by atoms with van der Waals surface area (Å²) in [4.78, 5) is 11.9. The molecule has 0 radical (unpaired) electrons. The Kier molecular flexibility index (Phi) is 4.93. The topological polar surface area (TPSA) is 46.9 Å². The molecule has 0 saturated heterocycles. The highest BCUT2D eigenvalue weighted by atomic mass is 16.1. The molecule has 0 unspecified atom stereocenters. The molecular formula is C16H21N3O. The van der Waals surface area contributed by atoms with Crippen LogP contribution in [0, 0.1) is 0 Å². The monoisotopic (exact) mass is 271 g/mol. The first-order valence-corrected chi connectivity index (χ1v) is 7.07. The SMILES string of the molecule is CCC[C@@H](C)NC(=O)Cc1ccc(-n2cccn2)cc1. The first kappa shape index (κ1) is 14.3. The van der Waals surface area contributed by atoms with Crippen LogP contribution in [0.4, 0.5) is 0 Å². The quantitative estimate of drug-likeness (QED) is 0.878. The van der Waals surface area contributed by atoms with Crippen molar-refractivity contribution >= 4 is 5.91 Å². The number of nitrogens with zero attached hydrogens (tertiary/aromatic N) is 2. The third-order valence-corrected chi connectivity index (χ3v) is 3.20. The van der Waals surface area contributed by atoms with Gasteiger partial charge in [0.1, 0.15) is 0 Å². The van der Waals surface area contributed by atoms with E-state index in [1.165, 1.54) is 0 Å². The van der Waals surface area contributed by atoms with E-state index in [1.807, 2.05) is 43.5 Å². The van der Waals surface area contributed by atoms with Crippen LogP contribution in [-0.4, -0.2) is 21.7 Å². The zero-order chi connectivity index (χ0) is 14.4. The van der Waals surface area contributed by atoms with E-state index in [0.717, 1.165) is 24.1 Å². The van der Waals surface area contributed by atoms with Gasteiger partial charge in [0.05, 0.1) is 12.1 Å². The molecule has 4 nitrogen and oxygen atoms in total. The van der Waals surface area contributed by atoms with Crippen molar-refractivity contribution in [2.75, 3.05) is 0 Å². The van der Waals surface area contributed by atoms with Gasteiger partial charge in [-0.3, -0.25) is 4.79 Å². The van der Waals surface area contributed by atoms with Crippen LogP contribution in [0.3, 0.4) is 0 Å². The number of amides is 1. The molecule has 106 valence electrons. The van der Waals surface area contributed by atoms with Crippen molar-refractivity contribution in [3.8, 4) is 5.69 Å². The lowest BCUT2D eigenvalue weighted by molar-refractivity contribution is -0.121. The molecule has 0 aliphatic rings. The summed E-state index contributed by atoms with van der Waals surface area (Å²) in [6.07, 6.45) is 6.17. The van der Waals surface area contributed by atoms with E-state index in [-0.39, 0.29) is 11.9 Å². The molecule has 0 spiro atoms. The van der Waals surface area contributed by atoms with Gasteiger partial charge in [0.15, 0.2) is 0 Å². The number of carbonyl (C=O) groups excluding carboxylic acids is 1. The highest BCUT2D eigenvalue weighted by Crippen LogP contribution is 2.09. The van der Waals surface area contributed by atoms with Gasteiger partial charge in [-0.2, -0.15) is 5.10 Å². The summed E-state index contributed by atoms with van der Waals surface area (Å²) < 4.78 is 1.80. The molecule has 1 amide bonds. The Morgan fingerprint density at radius 3 is 2.70 bits per heavy atom. The Morgan fingerprint density at radius 1 is 1.35 bits per heavy atom.